The molecule has 0 radical (unpaired) electrons. The predicted molar refractivity (Wildman–Crippen MR) is 62.7 cm³/mol. The molecule has 1 N–H and O–H groups in total. The lowest BCUT2D eigenvalue weighted by atomic mass is 10.1. The highest BCUT2D eigenvalue weighted by Gasteiger charge is 1.99. The lowest BCUT2D eigenvalue weighted by molar-refractivity contribution is 0.127. The van der Waals surface area contributed by atoms with Crippen LogP contribution >= 0.6 is 0 Å². The van der Waals surface area contributed by atoms with Crippen molar-refractivity contribution in [2.24, 2.45) is 0 Å². The lowest BCUT2D eigenvalue weighted by Gasteiger charge is -2.13. The average molecular weight is 201 g/mol. The van der Waals surface area contributed by atoms with E-state index in [9.17, 15) is 0 Å². The van der Waals surface area contributed by atoms with Gasteiger partial charge in [0.25, 0.3) is 0 Å². The minimum atomic E-state index is 0.501. The Labute approximate surface area is 89.4 Å². The van der Waals surface area contributed by atoms with Crippen LogP contribution in [0, 0.1) is 0 Å². The molecule has 1 unspecified atom stereocenters. The molecule has 0 saturated carbocycles. The molecule has 0 aliphatic carbocycles. The van der Waals surface area contributed by atoms with Gasteiger partial charge in [0.15, 0.2) is 0 Å². The van der Waals surface area contributed by atoms with Crippen LogP contribution in [0.5, 0.6) is 0 Å². The molecule has 0 bridgehead atoms. The third-order valence-corrected chi connectivity index (χ3v) is 2.35. The topological polar surface area (TPSA) is 21.3 Å². The fourth-order valence-corrected chi connectivity index (χ4v) is 1.43. The largest absolute Gasteiger partial charge is 0.380 e. The zero-order valence-corrected chi connectivity index (χ0v) is 10.1. The van der Waals surface area contributed by atoms with Crippen molar-refractivity contribution in [1.82, 2.24) is 5.32 Å². The monoisotopic (exact) mass is 201 g/mol. The van der Waals surface area contributed by atoms with Gasteiger partial charge < -0.3 is 10.1 Å². The van der Waals surface area contributed by atoms with Gasteiger partial charge in [-0.05, 0) is 26.8 Å². The van der Waals surface area contributed by atoms with E-state index in [2.05, 4.69) is 19.2 Å². The summed E-state index contributed by atoms with van der Waals surface area (Å²) in [6.45, 7) is 9.27. The highest BCUT2D eigenvalue weighted by Crippen LogP contribution is 2.01. The lowest BCUT2D eigenvalue weighted by Crippen LogP contribution is -2.31. The van der Waals surface area contributed by atoms with Gasteiger partial charge in [-0.1, -0.05) is 32.6 Å². The molecule has 0 aromatic heterocycles. The number of hydrogen-bond donors (Lipinski definition) is 1. The first kappa shape index (κ1) is 13.9. The maximum atomic E-state index is 5.33. The Kier molecular flexibility index (Phi) is 10.9. The molecule has 14 heavy (non-hydrogen) atoms. The highest BCUT2D eigenvalue weighted by molar-refractivity contribution is 4.58. The van der Waals surface area contributed by atoms with E-state index in [0.717, 1.165) is 19.8 Å². The second-order valence-corrected chi connectivity index (χ2v) is 3.93. The van der Waals surface area contributed by atoms with E-state index in [4.69, 9.17) is 4.74 Å². The number of ether oxygens (including phenoxy) is 1. The Morgan fingerprint density at radius 2 is 1.79 bits per heavy atom. The Balaban J connectivity index is 3.02. The van der Waals surface area contributed by atoms with E-state index in [1.54, 1.807) is 0 Å². The van der Waals surface area contributed by atoms with Gasteiger partial charge in [-0.3, -0.25) is 0 Å². The van der Waals surface area contributed by atoms with Crippen LogP contribution < -0.4 is 5.32 Å². The minimum Gasteiger partial charge on any atom is -0.380 e. The van der Waals surface area contributed by atoms with Crippen LogP contribution in [0.25, 0.3) is 0 Å². The van der Waals surface area contributed by atoms with Crippen molar-refractivity contribution in [2.75, 3.05) is 19.8 Å². The van der Waals surface area contributed by atoms with Gasteiger partial charge in [0, 0.05) is 12.6 Å². The summed E-state index contributed by atoms with van der Waals surface area (Å²) in [5.74, 6) is 0. The second-order valence-electron chi connectivity index (χ2n) is 3.93. The van der Waals surface area contributed by atoms with Gasteiger partial charge in [-0.2, -0.15) is 0 Å². The van der Waals surface area contributed by atoms with Crippen LogP contribution in [-0.2, 0) is 4.74 Å². The SMILES string of the molecule is CCCCCCCNC(C)COCC. The number of rotatable bonds is 10. The van der Waals surface area contributed by atoms with Crippen molar-refractivity contribution in [3.63, 3.8) is 0 Å². The molecule has 1 atom stereocenters. The first-order chi connectivity index (χ1) is 6.81. The van der Waals surface area contributed by atoms with Crippen LogP contribution in [0.4, 0.5) is 0 Å². The van der Waals surface area contributed by atoms with Crippen molar-refractivity contribution in [1.29, 1.82) is 0 Å². The smallest absolute Gasteiger partial charge is 0.0616 e. The first-order valence-electron chi connectivity index (χ1n) is 6.12. The summed E-state index contributed by atoms with van der Waals surface area (Å²) < 4.78 is 5.33. The van der Waals surface area contributed by atoms with E-state index < -0.39 is 0 Å². The maximum absolute atomic E-state index is 5.33. The second kappa shape index (κ2) is 11.0. The molecule has 0 aromatic carbocycles. The van der Waals surface area contributed by atoms with Crippen molar-refractivity contribution in [3.05, 3.63) is 0 Å². The summed E-state index contributed by atoms with van der Waals surface area (Å²) in [6.07, 6.45) is 6.76. The molecule has 0 rings (SSSR count). The average Bonchev–Trinajstić information content (AvgIpc) is 2.20. The third-order valence-electron chi connectivity index (χ3n) is 2.35. The van der Waals surface area contributed by atoms with Crippen LogP contribution in [-0.4, -0.2) is 25.8 Å². The number of hydrogen-bond acceptors (Lipinski definition) is 2. The van der Waals surface area contributed by atoms with Crippen LogP contribution in [0.1, 0.15) is 52.9 Å². The Hall–Kier alpha value is -0.0800. The van der Waals surface area contributed by atoms with Crippen molar-refractivity contribution in [2.45, 2.75) is 58.9 Å². The summed E-state index contributed by atoms with van der Waals surface area (Å²) in [6, 6.07) is 0.501. The fourth-order valence-electron chi connectivity index (χ4n) is 1.43. The van der Waals surface area contributed by atoms with Crippen molar-refractivity contribution >= 4 is 0 Å². The molecule has 0 amide bonds. The molecule has 2 nitrogen and oxygen atoms in total. The molecule has 2 heteroatoms. The minimum absolute atomic E-state index is 0.501. The van der Waals surface area contributed by atoms with Crippen molar-refractivity contribution in [3.8, 4) is 0 Å². The zero-order valence-electron chi connectivity index (χ0n) is 10.1. The van der Waals surface area contributed by atoms with Gasteiger partial charge in [0.2, 0.25) is 0 Å². The van der Waals surface area contributed by atoms with Gasteiger partial charge in [-0.25, -0.2) is 0 Å². The predicted octanol–water partition coefficient (Wildman–Crippen LogP) is 2.97. The molecule has 0 fully saturated rings. The van der Waals surface area contributed by atoms with Crippen molar-refractivity contribution < 1.29 is 4.74 Å². The number of nitrogens with one attached hydrogen (secondary N) is 1. The molecule has 0 heterocycles. The normalized spacial score (nSPS) is 13.1. The Morgan fingerprint density at radius 1 is 1.07 bits per heavy atom. The number of unbranched alkanes of at least 4 members (excludes halogenated alkanes) is 4. The quantitative estimate of drug-likeness (QED) is 0.549. The molecule has 0 aliphatic rings. The summed E-state index contributed by atoms with van der Waals surface area (Å²) in [4.78, 5) is 0. The van der Waals surface area contributed by atoms with Crippen LogP contribution in [0.15, 0.2) is 0 Å². The standard InChI is InChI=1S/C12H27NO/c1-4-6-7-8-9-10-13-12(3)11-14-5-2/h12-13H,4-11H2,1-3H3. The Bertz CT molecular complexity index is 106. The van der Waals surface area contributed by atoms with E-state index >= 15 is 0 Å². The van der Waals surface area contributed by atoms with Crippen LogP contribution in [0.2, 0.25) is 0 Å². The molecular weight excluding hydrogens is 174 g/mol. The van der Waals surface area contributed by atoms with E-state index in [1.165, 1.54) is 32.1 Å². The van der Waals surface area contributed by atoms with E-state index in [-0.39, 0.29) is 0 Å². The maximum Gasteiger partial charge on any atom is 0.0616 e. The third kappa shape index (κ3) is 10.0. The fraction of sp³-hybridized carbons (Fsp3) is 1.00. The van der Waals surface area contributed by atoms with E-state index in [0.29, 0.717) is 6.04 Å². The summed E-state index contributed by atoms with van der Waals surface area (Å²) in [5, 5.41) is 3.47. The zero-order chi connectivity index (χ0) is 10.6. The molecule has 0 aliphatic heterocycles. The molecule has 86 valence electrons. The van der Waals surface area contributed by atoms with Crippen LogP contribution in [0.3, 0.4) is 0 Å². The molecule has 0 aromatic rings. The highest BCUT2D eigenvalue weighted by atomic mass is 16.5. The summed E-state index contributed by atoms with van der Waals surface area (Å²) >= 11 is 0. The van der Waals surface area contributed by atoms with Gasteiger partial charge >= 0.3 is 0 Å². The molecule has 0 saturated heterocycles. The summed E-state index contributed by atoms with van der Waals surface area (Å²) in [5.41, 5.74) is 0. The Morgan fingerprint density at radius 3 is 2.43 bits per heavy atom. The molecular formula is C12H27NO. The van der Waals surface area contributed by atoms with Gasteiger partial charge in [0.05, 0.1) is 6.61 Å². The van der Waals surface area contributed by atoms with Gasteiger partial charge in [0.1, 0.15) is 0 Å². The van der Waals surface area contributed by atoms with E-state index in [1.807, 2.05) is 6.92 Å². The molecule has 0 spiro atoms. The van der Waals surface area contributed by atoms with Gasteiger partial charge in [-0.15, -0.1) is 0 Å². The summed E-state index contributed by atoms with van der Waals surface area (Å²) in [7, 11) is 0. The first-order valence-corrected chi connectivity index (χ1v) is 6.12.